The number of piperazine rings is 1. The maximum atomic E-state index is 12.9. The smallest absolute Gasteiger partial charge is 0.246 e. The number of benzene rings is 1. The topological polar surface area (TPSA) is 54.3 Å². The van der Waals surface area contributed by atoms with Crippen molar-refractivity contribution in [3.8, 4) is 16.3 Å². The van der Waals surface area contributed by atoms with Crippen LogP contribution in [0.25, 0.3) is 22.3 Å². The molecule has 4 heterocycles. The minimum Gasteiger partial charge on any atom is -0.337 e. The fraction of sp³-hybridized carbons (Fsp3) is 0.192. The van der Waals surface area contributed by atoms with Crippen molar-refractivity contribution >= 4 is 23.3 Å². The lowest BCUT2D eigenvalue weighted by Crippen LogP contribution is -2.47. The zero-order valence-corrected chi connectivity index (χ0v) is 19.1. The van der Waals surface area contributed by atoms with Crippen LogP contribution in [0.4, 0.5) is 0 Å². The maximum absolute atomic E-state index is 12.9. The number of hydrogen-bond donors (Lipinski definition) is 0. The summed E-state index contributed by atoms with van der Waals surface area (Å²) in [7, 11) is 0. The summed E-state index contributed by atoms with van der Waals surface area (Å²) in [6, 6.07) is 18.2. The van der Waals surface area contributed by atoms with Gasteiger partial charge in [0.15, 0.2) is 0 Å². The number of para-hydroxylation sites is 1. The van der Waals surface area contributed by atoms with Gasteiger partial charge >= 0.3 is 0 Å². The van der Waals surface area contributed by atoms with Gasteiger partial charge in [-0.2, -0.15) is 5.10 Å². The normalized spacial score (nSPS) is 14.7. The first kappa shape index (κ1) is 21.3. The van der Waals surface area contributed by atoms with Crippen LogP contribution in [0.3, 0.4) is 0 Å². The molecule has 6 nitrogen and oxygen atoms in total. The summed E-state index contributed by atoms with van der Waals surface area (Å²) in [6.07, 6.45) is 9.26. The van der Waals surface area contributed by atoms with E-state index in [-0.39, 0.29) is 5.91 Å². The quantitative estimate of drug-likeness (QED) is 0.406. The number of amides is 1. The van der Waals surface area contributed by atoms with E-state index in [1.54, 1.807) is 23.6 Å². The van der Waals surface area contributed by atoms with E-state index < -0.39 is 0 Å². The summed E-state index contributed by atoms with van der Waals surface area (Å²) in [5.41, 5.74) is 4.02. The predicted molar refractivity (Wildman–Crippen MR) is 132 cm³/mol. The SMILES string of the molecule is O=C(/C=C/c1cn(-c2ccccc2)nc1-c1cccs1)N1CCN(Cc2cccnc2)CC1. The molecule has 1 aliphatic heterocycles. The molecule has 0 aliphatic carbocycles. The maximum Gasteiger partial charge on any atom is 0.246 e. The summed E-state index contributed by atoms with van der Waals surface area (Å²) >= 11 is 1.65. The highest BCUT2D eigenvalue weighted by Gasteiger charge is 2.20. The molecule has 5 rings (SSSR count). The van der Waals surface area contributed by atoms with Crippen LogP contribution in [-0.2, 0) is 11.3 Å². The van der Waals surface area contributed by atoms with Gasteiger partial charge in [-0.1, -0.05) is 30.3 Å². The van der Waals surface area contributed by atoms with Gasteiger partial charge in [-0.25, -0.2) is 4.68 Å². The second-order valence-corrected chi connectivity index (χ2v) is 8.93. The van der Waals surface area contributed by atoms with E-state index in [1.165, 1.54) is 5.56 Å². The van der Waals surface area contributed by atoms with E-state index >= 15 is 0 Å². The van der Waals surface area contributed by atoms with Gasteiger partial charge in [-0.3, -0.25) is 14.7 Å². The molecule has 1 amide bonds. The van der Waals surface area contributed by atoms with Crippen LogP contribution >= 0.6 is 11.3 Å². The Bertz CT molecular complexity index is 1210. The van der Waals surface area contributed by atoms with E-state index in [0.717, 1.165) is 54.5 Å². The molecule has 0 bridgehead atoms. The molecule has 0 N–H and O–H groups in total. The van der Waals surface area contributed by atoms with E-state index in [0.29, 0.717) is 0 Å². The minimum atomic E-state index is 0.0422. The number of carbonyl (C=O) groups excluding carboxylic acids is 1. The Labute approximate surface area is 197 Å². The predicted octanol–water partition coefficient (Wildman–Crippen LogP) is 4.35. The number of aromatic nitrogens is 3. The van der Waals surface area contributed by atoms with Gasteiger partial charge in [-0.05, 0) is 41.3 Å². The molecule has 1 aromatic carbocycles. The molecule has 1 fully saturated rings. The third-order valence-corrected chi connectivity index (χ3v) is 6.61. The van der Waals surface area contributed by atoms with Crippen LogP contribution in [0.1, 0.15) is 11.1 Å². The fourth-order valence-corrected chi connectivity index (χ4v) is 4.70. The molecule has 4 aromatic rings. The molecule has 3 aromatic heterocycles. The van der Waals surface area contributed by atoms with E-state index in [1.807, 2.05) is 75.9 Å². The minimum absolute atomic E-state index is 0.0422. The van der Waals surface area contributed by atoms with E-state index in [9.17, 15) is 4.79 Å². The van der Waals surface area contributed by atoms with Crippen molar-refractivity contribution in [2.45, 2.75) is 6.54 Å². The van der Waals surface area contributed by atoms with Crippen LogP contribution in [0.15, 0.2) is 84.6 Å². The van der Waals surface area contributed by atoms with E-state index in [4.69, 9.17) is 5.10 Å². The van der Waals surface area contributed by atoms with Crippen molar-refractivity contribution < 1.29 is 4.79 Å². The van der Waals surface area contributed by atoms with Crippen molar-refractivity contribution in [1.82, 2.24) is 24.6 Å². The fourth-order valence-electron chi connectivity index (χ4n) is 3.97. The van der Waals surface area contributed by atoms with Gasteiger partial charge in [-0.15, -0.1) is 11.3 Å². The lowest BCUT2D eigenvalue weighted by Gasteiger charge is -2.34. The van der Waals surface area contributed by atoms with Gasteiger partial charge in [0.25, 0.3) is 0 Å². The Kier molecular flexibility index (Phi) is 6.41. The Balaban J connectivity index is 1.27. The molecule has 0 saturated carbocycles. The largest absolute Gasteiger partial charge is 0.337 e. The second-order valence-electron chi connectivity index (χ2n) is 7.99. The summed E-state index contributed by atoms with van der Waals surface area (Å²) in [5.74, 6) is 0.0422. The Morgan fingerprint density at radius 2 is 1.85 bits per heavy atom. The first-order valence-electron chi connectivity index (χ1n) is 11.0. The van der Waals surface area contributed by atoms with Gasteiger partial charge < -0.3 is 4.90 Å². The highest BCUT2D eigenvalue weighted by Crippen LogP contribution is 2.28. The molecular weight excluding hydrogens is 430 g/mol. The molecule has 166 valence electrons. The van der Waals surface area contributed by atoms with Crippen molar-refractivity contribution in [2.24, 2.45) is 0 Å². The average Bonchev–Trinajstić information content (AvgIpc) is 3.54. The van der Waals surface area contributed by atoms with Crippen molar-refractivity contribution in [3.05, 3.63) is 95.8 Å². The van der Waals surface area contributed by atoms with Crippen LogP contribution in [0.2, 0.25) is 0 Å². The Hall–Kier alpha value is -3.55. The number of thiophene rings is 1. The van der Waals surface area contributed by atoms with Crippen molar-refractivity contribution in [1.29, 1.82) is 0 Å². The standard InChI is InChI=1S/C26H25N5OS/c32-25(30-15-13-29(14-16-30)19-21-6-4-12-27-18-21)11-10-22-20-31(23-7-2-1-3-8-23)28-26(22)24-9-5-17-33-24/h1-12,17-18,20H,13-16,19H2/b11-10+. The molecule has 33 heavy (non-hydrogen) atoms. The number of nitrogens with zero attached hydrogens (tertiary/aromatic N) is 5. The van der Waals surface area contributed by atoms with E-state index in [2.05, 4.69) is 22.0 Å². The van der Waals surface area contributed by atoms with Crippen LogP contribution in [0.5, 0.6) is 0 Å². The third-order valence-electron chi connectivity index (χ3n) is 5.74. The zero-order valence-electron chi connectivity index (χ0n) is 18.2. The summed E-state index contributed by atoms with van der Waals surface area (Å²) in [4.78, 5) is 22.5. The monoisotopic (exact) mass is 455 g/mol. The first-order valence-corrected chi connectivity index (χ1v) is 11.9. The zero-order chi connectivity index (χ0) is 22.5. The lowest BCUT2D eigenvalue weighted by atomic mass is 10.2. The van der Waals surface area contributed by atoms with Crippen molar-refractivity contribution in [3.63, 3.8) is 0 Å². The molecular formula is C26H25N5OS. The number of rotatable bonds is 6. The van der Waals surface area contributed by atoms with Crippen LogP contribution in [0, 0.1) is 0 Å². The molecule has 0 spiro atoms. The highest BCUT2D eigenvalue weighted by molar-refractivity contribution is 7.13. The van der Waals surface area contributed by atoms with Gasteiger partial charge in [0, 0.05) is 63.0 Å². The van der Waals surface area contributed by atoms with Crippen LogP contribution < -0.4 is 0 Å². The molecule has 1 saturated heterocycles. The molecule has 0 unspecified atom stereocenters. The molecule has 1 aliphatic rings. The molecule has 7 heteroatoms. The van der Waals surface area contributed by atoms with Gasteiger partial charge in [0.2, 0.25) is 5.91 Å². The number of carbonyl (C=O) groups is 1. The van der Waals surface area contributed by atoms with Crippen LogP contribution in [-0.4, -0.2) is 56.7 Å². The summed E-state index contributed by atoms with van der Waals surface area (Å²) in [6.45, 7) is 4.05. The average molecular weight is 456 g/mol. The van der Waals surface area contributed by atoms with Gasteiger partial charge in [0.1, 0.15) is 5.69 Å². The number of hydrogen-bond acceptors (Lipinski definition) is 5. The van der Waals surface area contributed by atoms with Crippen molar-refractivity contribution in [2.75, 3.05) is 26.2 Å². The third kappa shape index (κ3) is 5.10. The lowest BCUT2D eigenvalue weighted by molar-refractivity contribution is -0.127. The Morgan fingerprint density at radius 1 is 1.00 bits per heavy atom. The Morgan fingerprint density at radius 3 is 2.58 bits per heavy atom. The highest BCUT2D eigenvalue weighted by atomic mass is 32.1. The first-order chi connectivity index (χ1) is 16.3. The van der Waals surface area contributed by atoms with Gasteiger partial charge in [0.05, 0.1) is 10.6 Å². The summed E-state index contributed by atoms with van der Waals surface area (Å²) < 4.78 is 1.87. The number of pyridine rings is 1. The molecule has 0 atom stereocenters. The molecule has 0 radical (unpaired) electrons. The second kappa shape index (κ2) is 9.94. The summed E-state index contributed by atoms with van der Waals surface area (Å²) in [5, 5.41) is 6.84.